The molecule has 1 aliphatic rings. The largest absolute Gasteiger partial charge is 0.322 e. The molecule has 0 bridgehead atoms. The Hall–Kier alpha value is -3.86. The first-order chi connectivity index (χ1) is 14.7. The SMILES string of the molecule is O=C(Nc1ccc(F)cc1)N1Cc2ccccc2-n2cccc2C1c1ccccc1. The molecule has 0 saturated heterocycles. The molecular formula is C25H20FN3O. The van der Waals surface area contributed by atoms with E-state index in [4.69, 9.17) is 0 Å². The molecule has 4 nitrogen and oxygen atoms in total. The Balaban J connectivity index is 1.62. The Morgan fingerprint density at radius 2 is 1.60 bits per heavy atom. The standard InChI is InChI=1S/C25H20FN3O/c26-20-12-14-21(15-13-20)27-25(30)29-17-19-9-4-5-10-22(19)28-16-6-11-23(28)24(29)18-7-2-1-3-8-18/h1-16,24H,17H2,(H,27,30). The summed E-state index contributed by atoms with van der Waals surface area (Å²) in [6, 6.07) is 27.5. The van der Waals surface area contributed by atoms with Crippen LogP contribution in [0.4, 0.5) is 14.9 Å². The van der Waals surface area contributed by atoms with E-state index in [1.807, 2.05) is 65.7 Å². The molecule has 2 amide bonds. The van der Waals surface area contributed by atoms with Crippen molar-refractivity contribution in [2.75, 3.05) is 5.32 Å². The molecule has 0 saturated carbocycles. The summed E-state index contributed by atoms with van der Waals surface area (Å²) in [4.78, 5) is 15.3. The van der Waals surface area contributed by atoms with Gasteiger partial charge in [0.2, 0.25) is 0 Å². The van der Waals surface area contributed by atoms with Crippen LogP contribution in [0.1, 0.15) is 22.9 Å². The molecule has 30 heavy (non-hydrogen) atoms. The highest BCUT2D eigenvalue weighted by Gasteiger charge is 2.32. The number of anilines is 1. The van der Waals surface area contributed by atoms with Gasteiger partial charge in [0.05, 0.1) is 18.3 Å². The third-order valence-electron chi connectivity index (χ3n) is 5.44. The number of hydrogen-bond donors (Lipinski definition) is 1. The van der Waals surface area contributed by atoms with Crippen LogP contribution in [0.3, 0.4) is 0 Å². The molecular weight excluding hydrogens is 377 g/mol. The van der Waals surface area contributed by atoms with E-state index in [-0.39, 0.29) is 17.9 Å². The highest BCUT2D eigenvalue weighted by atomic mass is 19.1. The fourth-order valence-corrected chi connectivity index (χ4v) is 4.05. The first kappa shape index (κ1) is 18.2. The van der Waals surface area contributed by atoms with Crippen molar-refractivity contribution >= 4 is 11.7 Å². The maximum atomic E-state index is 13.4. The van der Waals surface area contributed by atoms with Crippen LogP contribution in [0.25, 0.3) is 5.69 Å². The van der Waals surface area contributed by atoms with Crippen molar-refractivity contribution in [2.24, 2.45) is 0 Å². The molecule has 5 rings (SSSR count). The summed E-state index contributed by atoms with van der Waals surface area (Å²) < 4.78 is 15.4. The zero-order valence-electron chi connectivity index (χ0n) is 16.2. The van der Waals surface area contributed by atoms with Gasteiger partial charge in [-0.15, -0.1) is 0 Å². The van der Waals surface area contributed by atoms with Gasteiger partial charge in [-0.3, -0.25) is 0 Å². The van der Waals surface area contributed by atoms with Gasteiger partial charge in [0.25, 0.3) is 0 Å². The predicted octanol–water partition coefficient (Wildman–Crippen LogP) is 5.75. The Morgan fingerprint density at radius 1 is 0.867 bits per heavy atom. The fraction of sp³-hybridized carbons (Fsp3) is 0.0800. The molecule has 0 radical (unpaired) electrons. The molecule has 0 fully saturated rings. The van der Waals surface area contributed by atoms with Crippen LogP contribution >= 0.6 is 0 Å². The van der Waals surface area contributed by atoms with Gasteiger partial charge in [0.15, 0.2) is 0 Å². The molecule has 148 valence electrons. The molecule has 1 atom stereocenters. The van der Waals surface area contributed by atoms with Crippen LogP contribution in [0.2, 0.25) is 0 Å². The summed E-state index contributed by atoms with van der Waals surface area (Å²) in [5.41, 5.74) is 4.72. The van der Waals surface area contributed by atoms with Gasteiger partial charge < -0.3 is 14.8 Å². The Kier molecular flexibility index (Phi) is 4.56. The highest BCUT2D eigenvalue weighted by Crippen LogP contribution is 2.36. The lowest BCUT2D eigenvalue weighted by molar-refractivity contribution is 0.194. The third kappa shape index (κ3) is 3.24. The summed E-state index contributed by atoms with van der Waals surface area (Å²) in [6.07, 6.45) is 2.03. The first-order valence-corrected chi connectivity index (χ1v) is 9.84. The van der Waals surface area contributed by atoms with Gasteiger partial charge in [-0.05, 0) is 53.6 Å². The van der Waals surface area contributed by atoms with Gasteiger partial charge in [-0.1, -0.05) is 48.5 Å². The Labute approximate surface area is 174 Å². The number of carbonyl (C=O) groups is 1. The van der Waals surface area contributed by atoms with Gasteiger partial charge in [-0.25, -0.2) is 9.18 Å². The number of nitrogens with zero attached hydrogens (tertiary/aromatic N) is 2. The Morgan fingerprint density at radius 3 is 2.40 bits per heavy atom. The summed E-state index contributed by atoms with van der Waals surface area (Å²) >= 11 is 0. The van der Waals surface area contributed by atoms with Crippen molar-refractivity contribution in [2.45, 2.75) is 12.6 Å². The Bertz CT molecular complexity index is 1180. The normalized spacial score (nSPS) is 15.1. The number of carbonyl (C=O) groups excluding carboxylic acids is 1. The number of benzene rings is 3. The molecule has 4 aromatic rings. The topological polar surface area (TPSA) is 37.3 Å². The van der Waals surface area contributed by atoms with Crippen LogP contribution in [0, 0.1) is 5.82 Å². The minimum absolute atomic E-state index is 0.236. The number of amides is 2. The van der Waals surface area contributed by atoms with Crippen LogP contribution in [-0.2, 0) is 6.54 Å². The summed E-state index contributed by atoms with van der Waals surface area (Å²) in [6.45, 7) is 0.449. The number of nitrogens with one attached hydrogen (secondary N) is 1. The number of fused-ring (bicyclic) bond motifs is 3. The summed E-state index contributed by atoms with van der Waals surface area (Å²) in [5, 5.41) is 2.93. The summed E-state index contributed by atoms with van der Waals surface area (Å²) in [7, 11) is 0. The zero-order chi connectivity index (χ0) is 20.5. The van der Waals surface area contributed by atoms with E-state index >= 15 is 0 Å². The average molecular weight is 397 g/mol. The van der Waals surface area contributed by atoms with Crippen LogP contribution in [-0.4, -0.2) is 15.5 Å². The monoisotopic (exact) mass is 397 g/mol. The molecule has 2 heterocycles. The molecule has 1 unspecified atom stereocenters. The van der Waals surface area contributed by atoms with Crippen LogP contribution in [0.15, 0.2) is 97.2 Å². The second-order valence-corrected chi connectivity index (χ2v) is 7.31. The quantitative estimate of drug-likeness (QED) is 0.459. The number of halogens is 1. The minimum atomic E-state index is -0.336. The second kappa shape index (κ2) is 7.52. The summed E-state index contributed by atoms with van der Waals surface area (Å²) in [5.74, 6) is -0.336. The van der Waals surface area contributed by atoms with Gasteiger partial charge in [0.1, 0.15) is 5.82 Å². The second-order valence-electron chi connectivity index (χ2n) is 7.31. The highest BCUT2D eigenvalue weighted by molar-refractivity contribution is 5.90. The van der Waals surface area contributed by atoms with Gasteiger partial charge >= 0.3 is 6.03 Å². The van der Waals surface area contributed by atoms with Crippen molar-refractivity contribution in [3.05, 3.63) is 120 Å². The third-order valence-corrected chi connectivity index (χ3v) is 5.44. The lowest BCUT2D eigenvalue weighted by Gasteiger charge is -2.31. The number of aromatic nitrogens is 1. The van der Waals surface area contributed by atoms with E-state index in [0.29, 0.717) is 12.2 Å². The lowest BCUT2D eigenvalue weighted by atomic mass is 10.0. The average Bonchev–Trinajstić information content (AvgIpc) is 3.20. The maximum Gasteiger partial charge on any atom is 0.322 e. The van der Waals surface area contributed by atoms with E-state index in [9.17, 15) is 9.18 Å². The molecule has 1 N–H and O–H groups in total. The van der Waals surface area contributed by atoms with Gasteiger partial charge in [0, 0.05) is 17.6 Å². The van der Waals surface area contributed by atoms with Crippen molar-refractivity contribution in [1.82, 2.24) is 9.47 Å². The van der Waals surface area contributed by atoms with Crippen molar-refractivity contribution in [1.29, 1.82) is 0 Å². The number of para-hydroxylation sites is 1. The number of rotatable bonds is 2. The maximum absolute atomic E-state index is 13.4. The zero-order valence-corrected chi connectivity index (χ0v) is 16.2. The van der Waals surface area contributed by atoms with Crippen molar-refractivity contribution in [3.8, 4) is 5.69 Å². The molecule has 1 aromatic heterocycles. The predicted molar refractivity (Wildman–Crippen MR) is 115 cm³/mol. The lowest BCUT2D eigenvalue weighted by Crippen LogP contribution is -2.37. The molecule has 3 aromatic carbocycles. The molecule has 0 spiro atoms. The van der Waals surface area contributed by atoms with E-state index in [1.54, 1.807) is 12.1 Å². The van der Waals surface area contributed by atoms with Crippen molar-refractivity contribution < 1.29 is 9.18 Å². The number of urea groups is 1. The molecule has 0 aliphatic carbocycles. The minimum Gasteiger partial charge on any atom is -0.318 e. The smallest absolute Gasteiger partial charge is 0.318 e. The van der Waals surface area contributed by atoms with E-state index in [1.165, 1.54) is 12.1 Å². The van der Waals surface area contributed by atoms with E-state index in [0.717, 1.165) is 22.5 Å². The first-order valence-electron chi connectivity index (χ1n) is 9.84. The van der Waals surface area contributed by atoms with Gasteiger partial charge in [-0.2, -0.15) is 0 Å². The van der Waals surface area contributed by atoms with E-state index < -0.39 is 0 Å². The van der Waals surface area contributed by atoms with Crippen LogP contribution < -0.4 is 5.32 Å². The fourth-order valence-electron chi connectivity index (χ4n) is 4.05. The molecule has 1 aliphatic heterocycles. The van der Waals surface area contributed by atoms with E-state index in [2.05, 4.69) is 22.0 Å². The number of hydrogen-bond acceptors (Lipinski definition) is 1. The van der Waals surface area contributed by atoms with Crippen molar-refractivity contribution in [3.63, 3.8) is 0 Å². The molecule has 5 heteroatoms. The van der Waals surface area contributed by atoms with Crippen LogP contribution in [0.5, 0.6) is 0 Å².